The molecule has 4 heterocycles. The average molecular weight is 647 g/mol. The highest BCUT2D eigenvalue weighted by Crippen LogP contribution is 2.46. The second-order valence-corrected chi connectivity index (χ2v) is 15.7. The molecule has 0 bridgehead atoms. The molecular formula is C30H33Cl2N5O5S. The van der Waals surface area contributed by atoms with Crippen LogP contribution in [-0.4, -0.2) is 89.0 Å². The molecule has 3 aromatic rings. The zero-order valence-corrected chi connectivity index (χ0v) is 26.6. The van der Waals surface area contributed by atoms with Crippen molar-refractivity contribution in [2.75, 3.05) is 26.2 Å². The van der Waals surface area contributed by atoms with Gasteiger partial charge in [0.15, 0.2) is 0 Å². The topological polar surface area (TPSA) is 123 Å². The summed E-state index contributed by atoms with van der Waals surface area (Å²) in [5.41, 5.74) is 0.109. The number of benzene rings is 2. The summed E-state index contributed by atoms with van der Waals surface area (Å²) in [5.74, 6) is -1.14. The van der Waals surface area contributed by atoms with Gasteiger partial charge in [-0.25, -0.2) is 8.42 Å². The third-order valence-electron chi connectivity index (χ3n) is 8.98. The van der Waals surface area contributed by atoms with Gasteiger partial charge in [0.2, 0.25) is 21.8 Å². The van der Waals surface area contributed by atoms with Gasteiger partial charge in [0.05, 0.1) is 22.5 Å². The number of hydrogen-bond donors (Lipinski definition) is 2. The summed E-state index contributed by atoms with van der Waals surface area (Å²) < 4.78 is 27.3. The summed E-state index contributed by atoms with van der Waals surface area (Å²) in [6.45, 7) is 8.50. The van der Waals surface area contributed by atoms with Crippen molar-refractivity contribution >= 4 is 61.8 Å². The molecule has 3 amide bonds. The summed E-state index contributed by atoms with van der Waals surface area (Å²) >= 11 is 12.0. The van der Waals surface area contributed by atoms with E-state index in [0.717, 1.165) is 10.9 Å². The van der Waals surface area contributed by atoms with Crippen LogP contribution in [0.4, 0.5) is 0 Å². The number of aromatic nitrogens is 1. The van der Waals surface area contributed by atoms with Crippen LogP contribution in [0.2, 0.25) is 10.0 Å². The number of sulfonamides is 1. The molecule has 0 unspecified atom stereocenters. The number of para-hydroxylation sites is 1. The molecule has 0 aliphatic carbocycles. The molecule has 6 rings (SSSR count). The number of amides is 3. The van der Waals surface area contributed by atoms with E-state index in [1.807, 2.05) is 52.0 Å². The minimum atomic E-state index is -3.85. The SMILES string of the molecule is CC(C)(C)[C@H](NC(=O)c1cc2ccccc2[nH]1)C(=O)N1C[C@H]2N(C(=O)C3CN(S(=O)(=O)c4ccc(Cl)cc4Cl)C3)C[C@]21C. The lowest BCUT2D eigenvalue weighted by Gasteiger charge is -2.70. The molecule has 2 aromatic carbocycles. The van der Waals surface area contributed by atoms with Gasteiger partial charge >= 0.3 is 0 Å². The second kappa shape index (κ2) is 10.2. The molecule has 0 spiro atoms. The largest absolute Gasteiger partial charge is 0.351 e. The molecular weight excluding hydrogens is 613 g/mol. The Morgan fingerprint density at radius 1 is 1.05 bits per heavy atom. The predicted molar refractivity (Wildman–Crippen MR) is 163 cm³/mol. The van der Waals surface area contributed by atoms with Crippen molar-refractivity contribution in [3.63, 3.8) is 0 Å². The Hall–Kier alpha value is -3.12. The molecule has 1 aromatic heterocycles. The van der Waals surface area contributed by atoms with Gasteiger partial charge in [-0.1, -0.05) is 62.2 Å². The van der Waals surface area contributed by atoms with Gasteiger partial charge in [0.25, 0.3) is 5.91 Å². The first-order valence-electron chi connectivity index (χ1n) is 14.1. The quantitative estimate of drug-likeness (QED) is 0.423. The predicted octanol–water partition coefficient (Wildman–Crippen LogP) is 3.75. The Balaban J connectivity index is 1.08. The average Bonchev–Trinajstić information content (AvgIpc) is 3.33. The fourth-order valence-corrected chi connectivity index (χ4v) is 8.52. The molecule has 13 heteroatoms. The minimum Gasteiger partial charge on any atom is -0.351 e. The zero-order valence-electron chi connectivity index (χ0n) is 24.2. The molecule has 43 heavy (non-hydrogen) atoms. The first kappa shape index (κ1) is 29.9. The van der Waals surface area contributed by atoms with Crippen LogP contribution in [0.3, 0.4) is 0 Å². The van der Waals surface area contributed by atoms with Gasteiger partial charge < -0.3 is 20.1 Å². The Morgan fingerprint density at radius 2 is 1.74 bits per heavy atom. The van der Waals surface area contributed by atoms with Crippen LogP contribution < -0.4 is 5.32 Å². The van der Waals surface area contributed by atoms with Crippen molar-refractivity contribution < 1.29 is 22.8 Å². The van der Waals surface area contributed by atoms with E-state index in [2.05, 4.69) is 10.3 Å². The molecule has 10 nitrogen and oxygen atoms in total. The fourth-order valence-electron chi connectivity index (χ4n) is 6.24. The summed E-state index contributed by atoms with van der Waals surface area (Å²) in [6, 6.07) is 12.6. The Labute approximate surface area is 260 Å². The van der Waals surface area contributed by atoms with Gasteiger partial charge in [0.1, 0.15) is 16.6 Å². The maximum Gasteiger partial charge on any atom is 0.268 e. The minimum absolute atomic E-state index is 0.0334. The van der Waals surface area contributed by atoms with Crippen molar-refractivity contribution in [1.82, 2.24) is 24.4 Å². The smallest absolute Gasteiger partial charge is 0.268 e. The number of carbonyl (C=O) groups excluding carboxylic acids is 3. The number of halogens is 2. The normalized spacial score (nSPS) is 23.2. The van der Waals surface area contributed by atoms with Crippen LogP contribution in [0.25, 0.3) is 10.9 Å². The third kappa shape index (κ3) is 4.90. The lowest BCUT2D eigenvalue weighted by molar-refractivity contribution is -0.210. The first-order chi connectivity index (χ1) is 20.1. The standard InChI is InChI=1S/C30H33Cl2N5O5S/c1-29(2,3)25(34-26(38)22-11-17-7-5-6-8-21(17)33-22)28(40)37-15-24-30(37,4)16-36(24)27(39)18-13-35(14-18)43(41,42)23-10-9-19(31)12-20(23)32/h5-12,18,24-25,33H,13-16H2,1-4H3,(H,34,38)/t24-,25-,30-/m1/s1. The van der Waals surface area contributed by atoms with Gasteiger partial charge in [-0.3, -0.25) is 14.4 Å². The molecule has 228 valence electrons. The van der Waals surface area contributed by atoms with Crippen molar-refractivity contribution in [3.05, 3.63) is 64.3 Å². The number of aromatic amines is 1. The Kier molecular flexibility index (Phi) is 7.11. The number of nitrogens with one attached hydrogen (secondary N) is 2. The molecule has 0 radical (unpaired) electrons. The number of hydrogen-bond acceptors (Lipinski definition) is 5. The molecule has 0 saturated carbocycles. The van der Waals surface area contributed by atoms with Crippen LogP contribution in [0, 0.1) is 11.3 Å². The highest BCUT2D eigenvalue weighted by molar-refractivity contribution is 7.89. The van der Waals surface area contributed by atoms with E-state index in [1.165, 1.54) is 22.5 Å². The highest BCUT2D eigenvalue weighted by atomic mass is 35.5. The number of carbonyl (C=O) groups is 3. The van der Waals surface area contributed by atoms with Gasteiger partial charge in [0, 0.05) is 42.1 Å². The van der Waals surface area contributed by atoms with Gasteiger partial charge in [-0.2, -0.15) is 4.31 Å². The summed E-state index contributed by atoms with van der Waals surface area (Å²) in [6.07, 6.45) is 0. The Morgan fingerprint density at radius 3 is 2.35 bits per heavy atom. The van der Waals surface area contributed by atoms with E-state index in [1.54, 1.807) is 15.9 Å². The van der Waals surface area contributed by atoms with E-state index in [4.69, 9.17) is 23.2 Å². The third-order valence-corrected chi connectivity index (χ3v) is 11.5. The summed E-state index contributed by atoms with van der Waals surface area (Å²) in [7, 11) is -3.85. The van der Waals surface area contributed by atoms with Crippen LogP contribution >= 0.6 is 23.2 Å². The number of fused-ring (bicyclic) bond motifs is 2. The van der Waals surface area contributed by atoms with Crippen molar-refractivity contribution in [2.24, 2.45) is 11.3 Å². The number of nitrogens with zero attached hydrogens (tertiary/aromatic N) is 3. The maximum absolute atomic E-state index is 13.8. The molecule has 3 aliphatic rings. The lowest BCUT2D eigenvalue weighted by Crippen LogP contribution is -2.89. The number of rotatable bonds is 6. The zero-order chi connectivity index (χ0) is 31.1. The molecule has 3 fully saturated rings. The maximum atomic E-state index is 13.8. The van der Waals surface area contributed by atoms with Gasteiger partial charge in [-0.15, -0.1) is 0 Å². The molecule has 2 N–H and O–H groups in total. The van der Waals surface area contributed by atoms with Gasteiger partial charge in [-0.05, 0) is 42.7 Å². The van der Waals surface area contributed by atoms with E-state index in [-0.39, 0.29) is 46.8 Å². The van der Waals surface area contributed by atoms with Crippen LogP contribution in [0.5, 0.6) is 0 Å². The van der Waals surface area contributed by atoms with Crippen molar-refractivity contribution in [1.29, 1.82) is 0 Å². The summed E-state index contributed by atoms with van der Waals surface area (Å²) in [5, 5.41) is 4.22. The van der Waals surface area contributed by atoms with Crippen molar-refractivity contribution in [2.45, 2.75) is 50.2 Å². The summed E-state index contributed by atoms with van der Waals surface area (Å²) in [4.78, 5) is 46.9. The number of H-pyrrole nitrogens is 1. The fraction of sp³-hybridized carbons (Fsp3) is 0.433. The van der Waals surface area contributed by atoms with Crippen LogP contribution in [0.1, 0.15) is 38.2 Å². The number of likely N-dealkylation sites (tertiary alicyclic amines) is 2. The second-order valence-electron chi connectivity index (χ2n) is 12.9. The van der Waals surface area contributed by atoms with E-state index < -0.39 is 32.9 Å². The van der Waals surface area contributed by atoms with E-state index in [0.29, 0.717) is 23.8 Å². The molecule has 3 saturated heterocycles. The molecule has 3 atom stereocenters. The monoisotopic (exact) mass is 645 g/mol. The lowest BCUT2D eigenvalue weighted by atomic mass is 9.70. The van der Waals surface area contributed by atoms with Crippen molar-refractivity contribution in [3.8, 4) is 0 Å². The first-order valence-corrected chi connectivity index (χ1v) is 16.3. The number of piperazine rings is 1. The molecule has 3 aliphatic heterocycles. The highest BCUT2D eigenvalue weighted by Gasteiger charge is 2.66. The van der Waals surface area contributed by atoms with E-state index >= 15 is 0 Å². The Bertz CT molecular complexity index is 1730. The van der Waals surface area contributed by atoms with Crippen LogP contribution in [-0.2, 0) is 19.6 Å². The van der Waals surface area contributed by atoms with Crippen LogP contribution in [0.15, 0.2) is 53.4 Å². The van der Waals surface area contributed by atoms with E-state index in [9.17, 15) is 22.8 Å².